The lowest BCUT2D eigenvalue weighted by molar-refractivity contribution is 0.197. The summed E-state index contributed by atoms with van der Waals surface area (Å²) >= 11 is 0. The van der Waals surface area contributed by atoms with Gasteiger partial charge in [0.05, 0.1) is 14.2 Å². The van der Waals surface area contributed by atoms with E-state index < -0.39 is 0 Å². The van der Waals surface area contributed by atoms with E-state index in [1.165, 1.54) is 12.0 Å². The molecule has 0 N–H and O–H groups in total. The first-order chi connectivity index (χ1) is 12.6. The molecule has 1 aromatic heterocycles. The standard InChI is InChI=1S/C20H28N4O2/c1-15-11-21-20(22-12-15)23(2)17-6-5-7-24(14-17)13-16-8-18(25-3)10-19(9-16)26-4/h8-12,17H,5-7,13-14H2,1-4H3. The van der Waals surface area contributed by atoms with Crippen LogP contribution in [0.1, 0.15) is 24.0 Å². The van der Waals surface area contributed by atoms with Gasteiger partial charge in [0.15, 0.2) is 0 Å². The van der Waals surface area contributed by atoms with Gasteiger partial charge in [0, 0.05) is 44.6 Å². The van der Waals surface area contributed by atoms with Gasteiger partial charge in [0.1, 0.15) is 11.5 Å². The number of nitrogens with zero attached hydrogens (tertiary/aromatic N) is 4. The number of rotatable bonds is 6. The van der Waals surface area contributed by atoms with Crippen LogP contribution in [0.3, 0.4) is 0 Å². The summed E-state index contributed by atoms with van der Waals surface area (Å²) in [7, 11) is 5.46. The highest BCUT2D eigenvalue weighted by atomic mass is 16.5. The molecule has 2 heterocycles. The zero-order valence-corrected chi connectivity index (χ0v) is 16.1. The Morgan fingerprint density at radius 2 is 1.77 bits per heavy atom. The predicted octanol–water partition coefficient (Wildman–Crippen LogP) is 2.90. The lowest BCUT2D eigenvalue weighted by Crippen LogP contribution is -2.46. The number of likely N-dealkylation sites (N-methyl/N-ethyl adjacent to an activating group) is 1. The molecule has 1 unspecified atom stereocenters. The lowest BCUT2D eigenvalue weighted by atomic mass is 10.0. The summed E-state index contributed by atoms with van der Waals surface area (Å²) in [6.45, 7) is 4.98. The Labute approximate surface area is 155 Å². The van der Waals surface area contributed by atoms with Gasteiger partial charge in [-0.05, 0) is 49.6 Å². The van der Waals surface area contributed by atoms with Gasteiger partial charge >= 0.3 is 0 Å². The molecule has 0 bridgehead atoms. The second-order valence-corrected chi connectivity index (χ2v) is 6.92. The largest absolute Gasteiger partial charge is 0.497 e. The van der Waals surface area contributed by atoms with Gasteiger partial charge in [-0.2, -0.15) is 0 Å². The van der Waals surface area contributed by atoms with Crippen LogP contribution in [0.2, 0.25) is 0 Å². The van der Waals surface area contributed by atoms with Crippen LogP contribution in [0, 0.1) is 6.92 Å². The van der Waals surface area contributed by atoms with Crippen molar-refractivity contribution >= 4 is 5.95 Å². The number of hydrogen-bond donors (Lipinski definition) is 0. The molecule has 140 valence electrons. The number of benzene rings is 1. The zero-order valence-electron chi connectivity index (χ0n) is 16.1. The van der Waals surface area contributed by atoms with E-state index in [1.807, 2.05) is 25.4 Å². The van der Waals surface area contributed by atoms with Crippen molar-refractivity contribution in [2.45, 2.75) is 32.4 Å². The molecule has 1 aromatic carbocycles. The number of aryl methyl sites for hydroxylation is 1. The van der Waals surface area contributed by atoms with Crippen molar-refractivity contribution in [1.29, 1.82) is 0 Å². The maximum atomic E-state index is 5.39. The Morgan fingerprint density at radius 1 is 1.12 bits per heavy atom. The normalized spacial score (nSPS) is 17.8. The van der Waals surface area contributed by atoms with Gasteiger partial charge in [-0.3, -0.25) is 4.90 Å². The summed E-state index contributed by atoms with van der Waals surface area (Å²) < 4.78 is 10.8. The van der Waals surface area contributed by atoms with Crippen molar-refractivity contribution in [2.24, 2.45) is 0 Å². The third-order valence-electron chi connectivity index (χ3n) is 4.93. The van der Waals surface area contributed by atoms with Crippen LogP contribution in [0.25, 0.3) is 0 Å². The number of likely N-dealkylation sites (tertiary alicyclic amines) is 1. The lowest BCUT2D eigenvalue weighted by Gasteiger charge is -2.37. The number of ether oxygens (including phenoxy) is 2. The van der Waals surface area contributed by atoms with Crippen LogP contribution in [0.4, 0.5) is 5.95 Å². The molecule has 6 heteroatoms. The second kappa shape index (κ2) is 8.36. The maximum absolute atomic E-state index is 5.39. The first kappa shape index (κ1) is 18.5. The quantitative estimate of drug-likeness (QED) is 0.793. The van der Waals surface area contributed by atoms with E-state index in [1.54, 1.807) is 14.2 Å². The number of piperidine rings is 1. The highest BCUT2D eigenvalue weighted by molar-refractivity contribution is 5.38. The van der Waals surface area contributed by atoms with E-state index in [4.69, 9.17) is 9.47 Å². The van der Waals surface area contributed by atoms with E-state index in [0.29, 0.717) is 6.04 Å². The molecule has 1 aliphatic rings. The van der Waals surface area contributed by atoms with Gasteiger partial charge in [-0.25, -0.2) is 9.97 Å². The minimum absolute atomic E-state index is 0.416. The molecule has 2 aromatic rings. The minimum Gasteiger partial charge on any atom is -0.497 e. The Bertz CT molecular complexity index is 698. The minimum atomic E-state index is 0.416. The fourth-order valence-electron chi connectivity index (χ4n) is 3.44. The monoisotopic (exact) mass is 356 g/mol. The van der Waals surface area contributed by atoms with E-state index >= 15 is 0 Å². The summed E-state index contributed by atoms with van der Waals surface area (Å²) in [6, 6.07) is 6.49. The number of hydrogen-bond acceptors (Lipinski definition) is 6. The predicted molar refractivity (Wildman–Crippen MR) is 103 cm³/mol. The maximum Gasteiger partial charge on any atom is 0.225 e. The Balaban J connectivity index is 1.67. The van der Waals surface area contributed by atoms with Crippen LogP contribution >= 0.6 is 0 Å². The zero-order chi connectivity index (χ0) is 18.5. The molecular formula is C20H28N4O2. The van der Waals surface area contributed by atoms with Crippen molar-refractivity contribution < 1.29 is 9.47 Å². The number of methoxy groups -OCH3 is 2. The van der Waals surface area contributed by atoms with Gasteiger partial charge in [-0.15, -0.1) is 0 Å². The molecule has 26 heavy (non-hydrogen) atoms. The van der Waals surface area contributed by atoms with Gasteiger partial charge in [0.2, 0.25) is 5.95 Å². The SMILES string of the molecule is COc1cc(CN2CCCC(N(C)c3ncc(C)cn3)C2)cc(OC)c1. The third-order valence-corrected chi connectivity index (χ3v) is 4.93. The smallest absolute Gasteiger partial charge is 0.225 e. The van der Waals surface area contributed by atoms with Crippen LogP contribution in [-0.4, -0.2) is 55.3 Å². The van der Waals surface area contributed by atoms with Crippen LogP contribution in [0.15, 0.2) is 30.6 Å². The van der Waals surface area contributed by atoms with Gasteiger partial charge in [0.25, 0.3) is 0 Å². The molecule has 1 aliphatic heterocycles. The summed E-state index contributed by atoms with van der Waals surface area (Å²) in [6.07, 6.45) is 6.08. The second-order valence-electron chi connectivity index (χ2n) is 6.92. The Kier molecular flexibility index (Phi) is 5.93. The van der Waals surface area contributed by atoms with E-state index in [-0.39, 0.29) is 0 Å². The van der Waals surface area contributed by atoms with Crippen molar-refractivity contribution in [2.75, 3.05) is 39.3 Å². The fraction of sp³-hybridized carbons (Fsp3) is 0.500. The van der Waals surface area contributed by atoms with Crippen LogP contribution in [0.5, 0.6) is 11.5 Å². The summed E-state index contributed by atoms with van der Waals surface area (Å²) in [4.78, 5) is 13.6. The molecular weight excluding hydrogens is 328 g/mol. The molecule has 1 saturated heterocycles. The molecule has 0 spiro atoms. The van der Waals surface area contributed by atoms with Gasteiger partial charge < -0.3 is 14.4 Å². The highest BCUT2D eigenvalue weighted by Gasteiger charge is 2.25. The molecule has 1 atom stereocenters. The third kappa shape index (κ3) is 4.43. The molecule has 3 rings (SSSR count). The molecule has 0 radical (unpaired) electrons. The van der Waals surface area contributed by atoms with Gasteiger partial charge in [-0.1, -0.05) is 0 Å². The van der Waals surface area contributed by atoms with Crippen LogP contribution in [-0.2, 0) is 6.54 Å². The van der Waals surface area contributed by atoms with E-state index in [9.17, 15) is 0 Å². The highest BCUT2D eigenvalue weighted by Crippen LogP contribution is 2.25. The van der Waals surface area contributed by atoms with E-state index in [0.717, 1.165) is 49.1 Å². The Hall–Kier alpha value is -2.34. The first-order valence-electron chi connectivity index (χ1n) is 9.05. The van der Waals surface area contributed by atoms with Crippen LogP contribution < -0.4 is 14.4 Å². The summed E-state index contributed by atoms with van der Waals surface area (Å²) in [5.74, 6) is 2.46. The molecule has 0 aliphatic carbocycles. The topological polar surface area (TPSA) is 50.7 Å². The summed E-state index contributed by atoms with van der Waals surface area (Å²) in [5, 5.41) is 0. The first-order valence-corrected chi connectivity index (χ1v) is 9.05. The van der Waals surface area contributed by atoms with Crippen molar-refractivity contribution in [3.8, 4) is 11.5 Å². The fourth-order valence-corrected chi connectivity index (χ4v) is 3.44. The molecule has 0 amide bonds. The average Bonchev–Trinajstić information content (AvgIpc) is 2.68. The number of aromatic nitrogens is 2. The summed E-state index contributed by atoms with van der Waals surface area (Å²) in [5.41, 5.74) is 2.29. The average molecular weight is 356 g/mol. The molecule has 0 saturated carbocycles. The molecule has 6 nitrogen and oxygen atoms in total. The van der Waals surface area contributed by atoms with Crippen molar-refractivity contribution in [3.63, 3.8) is 0 Å². The Morgan fingerprint density at radius 3 is 2.38 bits per heavy atom. The van der Waals surface area contributed by atoms with Crippen molar-refractivity contribution in [1.82, 2.24) is 14.9 Å². The van der Waals surface area contributed by atoms with Crippen molar-refractivity contribution in [3.05, 3.63) is 41.7 Å². The molecule has 1 fully saturated rings. The van der Waals surface area contributed by atoms with E-state index in [2.05, 4.69) is 38.9 Å². The number of anilines is 1.